The molecule has 2 aromatic carbocycles. The van der Waals surface area contributed by atoms with E-state index in [0.29, 0.717) is 12.2 Å². The maximum atomic E-state index is 10.9. The molecule has 8 heteroatoms. The highest BCUT2D eigenvalue weighted by molar-refractivity contribution is 7.99. The predicted octanol–water partition coefficient (Wildman–Crippen LogP) is 9.84. The Bertz CT molecular complexity index is 1290. The quantitative estimate of drug-likeness (QED) is 0.0961. The van der Waals surface area contributed by atoms with Crippen LogP contribution in [0.15, 0.2) is 67.0 Å². The van der Waals surface area contributed by atoms with Crippen LogP contribution < -0.4 is 10.6 Å². The fraction of sp³-hybridized carbons (Fsp3) is 0.486. The van der Waals surface area contributed by atoms with Gasteiger partial charge >= 0.3 is 0 Å². The van der Waals surface area contributed by atoms with E-state index in [4.69, 9.17) is 27.0 Å². The van der Waals surface area contributed by atoms with Crippen molar-refractivity contribution in [2.45, 2.75) is 73.6 Å². The van der Waals surface area contributed by atoms with Crippen LogP contribution in [0.2, 0.25) is 5.02 Å². The van der Waals surface area contributed by atoms with Gasteiger partial charge in [0.1, 0.15) is 12.0 Å². The summed E-state index contributed by atoms with van der Waals surface area (Å²) >= 11 is 8.43. The lowest BCUT2D eigenvalue weighted by Crippen LogP contribution is -2.33. The molecule has 1 aliphatic heterocycles. The summed E-state index contributed by atoms with van der Waals surface area (Å²) in [6, 6.07) is 14.5. The zero-order chi connectivity index (χ0) is 33.6. The molecule has 0 amide bonds. The molecule has 0 saturated carbocycles. The fourth-order valence-corrected chi connectivity index (χ4v) is 6.18. The number of aryl methyl sites for hydroxylation is 1. The highest BCUT2D eigenvalue weighted by Crippen LogP contribution is 2.36. The highest BCUT2D eigenvalue weighted by Gasteiger charge is 2.22. The van der Waals surface area contributed by atoms with E-state index in [1.165, 1.54) is 54.1 Å². The average molecular weight is 660 g/mol. The Balaban J connectivity index is 0.000000802. The Morgan fingerprint density at radius 3 is 2.36 bits per heavy atom. The molecule has 1 unspecified atom stereocenters. The van der Waals surface area contributed by atoms with Crippen LogP contribution in [0, 0.1) is 5.92 Å². The number of thioether (sulfide) groups is 1. The zero-order valence-electron chi connectivity index (χ0n) is 28.4. The van der Waals surface area contributed by atoms with Crippen LogP contribution in [0.1, 0.15) is 84.0 Å². The topological polar surface area (TPSA) is 60.5 Å². The van der Waals surface area contributed by atoms with E-state index in [2.05, 4.69) is 67.8 Å². The Kier molecular flexibility index (Phi) is 21.1. The standard InChI is InChI=1S/C28H38ClN3OS.C5H7F.C2H4O.C2H6/c1-20(2)8-10-25-26-19-23(29)9-11-27(26)32(30)28(25)21(3)22-6-4-7-24(18-22)33-15-5-12-31-13-16-34-17-14-31;1-2-3-4-5-6;1-2-3;1-2/h4,6-7,9,11,18-21H,5,8,10,12-17,30H2,1-3H3;2-5H,1H3;2H,1H3;1-2H3/b;3-2+,5-4+;;. The molecule has 1 saturated heterocycles. The lowest BCUT2D eigenvalue weighted by molar-refractivity contribution is -0.106. The van der Waals surface area contributed by atoms with Crippen molar-refractivity contribution in [2.24, 2.45) is 5.92 Å². The number of hydrogen-bond acceptors (Lipinski definition) is 5. The van der Waals surface area contributed by atoms with Gasteiger partial charge in [-0.15, -0.1) is 0 Å². The first-order valence-electron chi connectivity index (χ1n) is 16.2. The molecule has 2 N–H and O–H groups in total. The van der Waals surface area contributed by atoms with E-state index >= 15 is 0 Å². The Morgan fingerprint density at radius 2 is 1.76 bits per heavy atom. The predicted molar refractivity (Wildman–Crippen MR) is 196 cm³/mol. The first-order valence-corrected chi connectivity index (χ1v) is 17.7. The summed E-state index contributed by atoms with van der Waals surface area (Å²) in [5.41, 5.74) is 4.73. The van der Waals surface area contributed by atoms with Crippen molar-refractivity contribution < 1.29 is 13.9 Å². The van der Waals surface area contributed by atoms with Crippen molar-refractivity contribution in [3.63, 3.8) is 0 Å². The van der Waals surface area contributed by atoms with E-state index < -0.39 is 0 Å². The fourth-order valence-electron chi connectivity index (χ4n) is 5.03. The number of aromatic nitrogens is 1. The van der Waals surface area contributed by atoms with Gasteiger partial charge in [0.05, 0.1) is 24.1 Å². The third-order valence-electron chi connectivity index (χ3n) is 7.22. The van der Waals surface area contributed by atoms with Crippen molar-refractivity contribution in [3.8, 4) is 5.75 Å². The van der Waals surface area contributed by atoms with Crippen LogP contribution in [0.25, 0.3) is 10.9 Å². The molecule has 250 valence electrons. The summed E-state index contributed by atoms with van der Waals surface area (Å²) in [6.07, 6.45) is 9.13. The SMILES string of the molecule is C/C=C/C=C/F.CC.CC(C)CCc1c(C(C)c2cccc(OCCCN3CCSCC3)c2)n(N)c2ccc(Cl)cc12.CC=O. The number of benzene rings is 2. The van der Waals surface area contributed by atoms with Gasteiger partial charge in [0, 0.05) is 47.5 Å². The minimum Gasteiger partial charge on any atom is -0.494 e. The van der Waals surface area contributed by atoms with Gasteiger partial charge in [0.15, 0.2) is 0 Å². The van der Waals surface area contributed by atoms with Gasteiger partial charge in [0.2, 0.25) is 0 Å². The van der Waals surface area contributed by atoms with Crippen molar-refractivity contribution in [1.82, 2.24) is 9.58 Å². The van der Waals surface area contributed by atoms with Gasteiger partial charge in [-0.3, -0.25) is 4.68 Å². The molecule has 1 fully saturated rings. The number of carbonyl (C=O) groups is 1. The van der Waals surface area contributed by atoms with Crippen LogP contribution >= 0.6 is 23.4 Å². The summed E-state index contributed by atoms with van der Waals surface area (Å²) < 4.78 is 19.0. The van der Waals surface area contributed by atoms with Crippen molar-refractivity contribution in [3.05, 3.63) is 88.9 Å². The smallest absolute Gasteiger partial charge is 0.119 e. The summed E-state index contributed by atoms with van der Waals surface area (Å²) in [4.78, 5) is 11.4. The van der Waals surface area contributed by atoms with Gasteiger partial charge in [-0.05, 0) is 86.6 Å². The summed E-state index contributed by atoms with van der Waals surface area (Å²) in [6.45, 7) is 18.3. The molecule has 1 aliphatic rings. The maximum absolute atomic E-state index is 10.9. The molecule has 2 heterocycles. The van der Waals surface area contributed by atoms with Crippen LogP contribution in [-0.4, -0.2) is 53.6 Å². The van der Waals surface area contributed by atoms with Gasteiger partial charge in [-0.2, -0.15) is 11.8 Å². The van der Waals surface area contributed by atoms with E-state index in [1.54, 1.807) is 12.2 Å². The monoisotopic (exact) mass is 659 g/mol. The van der Waals surface area contributed by atoms with E-state index in [-0.39, 0.29) is 5.92 Å². The Morgan fingerprint density at radius 1 is 1.07 bits per heavy atom. The van der Waals surface area contributed by atoms with Crippen LogP contribution in [0.3, 0.4) is 0 Å². The zero-order valence-corrected chi connectivity index (χ0v) is 30.0. The summed E-state index contributed by atoms with van der Waals surface area (Å²) in [7, 11) is 0. The van der Waals surface area contributed by atoms with Gasteiger partial charge in [0.25, 0.3) is 0 Å². The number of allylic oxidation sites excluding steroid dienone is 3. The summed E-state index contributed by atoms with van der Waals surface area (Å²) in [5, 5.41) is 1.92. The third-order valence-corrected chi connectivity index (χ3v) is 8.40. The molecular weight excluding hydrogens is 605 g/mol. The second-order valence-corrected chi connectivity index (χ2v) is 12.5. The first-order chi connectivity index (χ1) is 21.8. The van der Waals surface area contributed by atoms with Crippen molar-refractivity contribution >= 4 is 40.6 Å². The Labute approximate surface area is 281 Å². The minimum absolute atomic E-state index is 0.146. The number of nitrogens with zero attached hydrogens (tertiary/aromatic N) is 2. The van der Waals surface area contributed by atoms with Crippen LogP contribution in [0.5, 0.6) is 5.75 Å². The van der Waals surface area contributed by atoms with Gasteiger partial charge in [-0.1, -0.05) is 70.5 Å². The molecule has 45 heavy (non-hydrogen) atoms. The van der Waals surface area contributed by atoms with E-state index in [1.807, 2.05) is 37.6 Å². The second kappa shape index (κ2) is 23.6. The molecule has 0 aliphatic carbocycles. The molecule has 5 nitrogen and oxygen atoms in total. The van der Waals surface area contributed by atoms with E-state index in [0.717, 1.165) is 60.7 Å². The van der Waals surface area contributed by atoms with E-state index in [9.17, 15) is 4.39 Å². The lowest BCUT2D eigenvalue weighted by atomic mass is 9.91. The van der Waals surface area contributed by atoms with Crippen molar-refractivity contribution in [1.29, 1.82) is 0 Å². The number of hydrogen-bond donors (Lipinski definition) is 1. The lowest BCUT2D eigenvalue weighted by Gasteiger charge is -2.25. The first kappa shape index (κ1) is 40.3. The molecule has 0 spiro atoms. The molecule has 0 radical (unpaired) electrons. The molecule has 0 bridgehead atoms. The molecule has 1 atom stereocenters. The normalized spacial score (nSPS) is 13.9. The molecular formula is C37H55ClFN3O2S. The van der Waals surface area contributed by atoms with Crippen LogP contribution in [0.4, 0.5) is 4.39 Å². The number of aldehydes is 1. The minimum atomic E-state index is 0.146. The largest absolute Gasteiger partial charge is 0.494 e. The molecule has 4 rings (SSSR count). The molecule has 1 aromatic heterocycles. The van der Waals surface area contributed by atoms with Crippen molar-refractivity contribution in [2.75, 3.05) is 43.6 Å². The average Bonchev–Trinajstić information content (AvgIpc) is 3.33. The number of ether oxygens (including phenoxy) is 1. The Hall–Kier alpha value is -2.74. The number of rotatable bonds is 11. The second-order valence-electron chi connectivity index (χ2n) is 10.9. The van der Waals surface area contributed by atoms with Gasteiger partial charge < -0.3 is 20.3 Å². The van der Waals surface area contributed by atoms with Crippen LogP contribution in [-0.2, 0) is 11.2 Å². The number of nitrogen functional groups attached to an aromatic ring is 1. The number of nitrogens with two attached hydrogens (primary N) is 1. The number of carbonyl (C=O) groups excluding carboxylic acids is 1. The van der Waals surface area contributed by atoms with Gasteiger partial charge in [-0.25, -0.2) is 4.39 Å². The summed E-state index contributed by atoms with van der Waals surface area (Å²) in [5.74, 6) is 10.9. The highest BCUT2D eigenvalue weighted by atomic mass is 35.5. The third kappa shape index (κ3) is 14.1. The molecule has 3 aromatic rings. The maximum Gasteiger partial charge on any atom is 0.119 e. The number of fused-ring (bicyclic) bond motifs is 1. The number of halogens is 2.